The summed E-state index contributed by atoms with van der Waals surface area (Å²) >= 11 is 3.39. The molecule has 0 aliphatic carbocycles. The van der Waals surface area contributed by atoms with Crippen LogP contribution in [0.25, 0.3) is 0 Å². The Balaban J connectivity index is 1.70. The third-order valence-electron chi connectivity index (χ3n) is 4.86. The average Bonchev–Trinajstić information content (AvgIpc) is 2.69. The molecule has 0 saturated carbocycles. The lowest BCUT2D eigenvalue weighted by Gasteiger charge is -2.32. The van der Waals surface area contributed by atoms with Crippen molar-refractivity contribution in [1.29, 1.82) is 0 Å². The number of benzene rings is 2. The minimum absolute atomic E-state index is 0.0672. The molecule has 1 aliphatic rings. The number of para-hydroxylation sites is 1. The Morgan fingerprint density at radius 1 is 1.24 bits per heavy atom. The first kappa shape index (κ1) is 21.2. The summed E-state index contributed by atoms with van der Waals surface area (Å²) in [6.07, 6.45) is 1.31. The highest BCUT2D eigenvalue weighted by atomic mass is 79.9. The van der Waals surface area contributed by atoms with Crippen LogP contribution in [0, 0.1) is 12.8 Å². The number of nitrogens with one attached hydrogen (secondary N) is 1. The maximum absolute atomic E-state index is 12.9. The highest BCUT2D eigenvalue weighted by Gasteiger charge is 2.30. The summed E-state index contributed by atoms with van der Waals surface area (Å²) in [7, 11) is 0. The van der Waals surface area contributed by atoms with Crippen LogP contribution < -0.4 is 10.1 Å². The number of carbonyl (C=O) groups is 2. The molecule has 1 unspecified atom stereocenters. The lowest BCUT2D eigenvalue weighted by Crippen LogP contribution is -2.44. The number of likely N-dealkylation sites (tertiary alicyclic amines) is 1. The number of aryl methyl sites for hydroxylation is 1. The number of carbonyl (C=O) groups excluding carboxylic acids is 2. The maximum Gasteiger partial charge on any atom is 0.387 e. The van der Waals surface area contributed by atoms with Gasteiger partial charge in [-0.2, -0.15) is 8.78 Å². The topological polar surface area (TPSA) is 58.6 Å². The number of piperidine rings is 1. The van der Waals surface area contributed by atoms with E-state index in [0.29, 0.717) is 19.4 Å². The molecule has 0 aromatic heterocycles. The van der Waals surface area contributed by atoms with E-state index < -0.39 is 12.5 Å². The zero-order chi connectivity index (χ0) is 21.0. The first-order valence-electron chi connectivity index (χ1n) is 9.25. The van der Waals surface area contributed by atoms with Crippen molar-refractivity contribution in [3.63, 3.8) is 0 Å². The van der Waals surface area contributed by atoms with Crippen LogP contribution in [0.15, 0.2) is 46.9 Å². The van der Waals surface area contributed by atoms with Crippen LogP contribution in [-0.4, -0.2) is 36.4 Å². The summed E-state index contributed by atoms with van der Waals surface area (Å²) < 4.78 is 30.7. The first-order valence-corrected chi connectivity index (χ1v) is 10.0. The van der Waals surface area contributed by atoms with Crippen LogP contribution >= 0.6 is 15.9 Å². The molecule has 2 aromatic rings. The second-order valence-corrected chi connectivity index (χ2v) is 7.83. The fourth-order valence-corrected chi connectivity index (χ4v) is 3.87. The normalized spacial score (nSPS) is 16.6. The van der Waals surface area contributed by atoms with E-state index in [1.54, 1.807) is 6.07 Å². The highest BCUT2D eigenvalue weighted by Crippen LogP contribution is 2.26. The molecule has 8 heteroatoms. The Labute approximate surface area is 176 Å². The van der Waals surface area contributed by atoms with Crippen LogP contribution in [0.2, 0.25) is 0 Å². The van der Waals surface area contributed by atoms with Gasteiger partial charge in [-0.25, -0.2) is 0 Å². The van der Waals surface area contributed by atoms with Gasteiger partial charge in [-0.1, -0.05) is 28.1 Å². The van der Waals surface area contributed by atoms with Gasteiger partial charge in [0.05, 0.1) is 11.5 Å². The van der Waals surface area contributed by atoms with Crippen molar-refractivity contribution in [2.24, 2.45) is 5.92 Å². The molecule has 1 atom stereocenters. The number of hydrogen-bond donors (Lipinski definition) is 1. The van der Waals surface area contributed by atoms with E-state index in [2.05, 4.69) is 26.0 Å². The highest BCUT2D eigenvalue weighted by molar-refractivity contribution is 9.10. The maximum atomic E-state index is 12.9. The fraction of sp³-hybridized carbons (Fsp3) is 0.333. The van der Waals surface area contributed by atoms with Gasteiger partial charge in [0.15, 0.2) is 0 Å². The number of amides is 2. The standard InChI is InChI=1S/C21H21BrF2N2O3/c1-13-11-15(22)8-9-17(13)25-19(27)14-5-4-10-26(12-14)20(28)16-6-2-3-7-18(16)29-21(23)24/h2-3,6-9,11,14,21H,4-5,10,12H2,1H3,(H,25,27). The third kappa shape index (κ3) is 5.32. The Morgan fingerprint density at radius 2 is 2.00 bits per heavy atom. The summed E-state index contributed by atoms with van der Waals surface area (Å²) in [5, 5.41) is 2.92. The van der Waals surface area contributed by atoms with Gasteiger partial charge in [-0.05, 0) is 55.7 Å². The molecule has 1 heterocycles. The lowest BCUT2D eigenvalue weighted by atomic mass is 9.96. The Hall–Kier alpha value is -2.48. The second-order valence-electron chi connectivity index (χ2n) is 6.91. The van der Waals surface area contributed by atoms with Gasteiger partial charge in [0.2, 0.25) is 5.91 Å². The molecule has 3 rings (SSSR count). The SMILES string of the molecule is Cc1cc(Br)ccc1NC(=O)C1CCCN(C(=O)c2ccccc2OC(F)F)C1. The van der Waals surface area contributed by atoms with Crippen molar-refractivity contribution in [3.05, 3.63) is 58.1 Å². The predicted octanol–water partition coefficient (Wildman–Crippen LogP) is 4.85. The number of ether oxygens (including phenoxy) is 1. The zero-order valence-electron chi connectivity index (χ0n) is 15.8. The van der Waals surface area contributed by atoms with Gasteiger partial charge in [0.25, 0.3) is 5.91 Å². The van der Waals surface area contributed by atoms with Crippen LogP contribution in [0.5, 0.6) is 5.75 Å². The first-order chi connectivity index (χ1) is 13.8. The molecular formula is C21H21BrF2N2O3. The van der Waals surface area contributed by atoms with Crippen molar-refractivity contribution >= 4 is 33.4 Å². The quantitative estimate of drug-likeness (QED) is 0.684. The van der Waals surface area contributed by atoms with Gasteiger partial charge in [0.1, 0.15) is 5.75 Å². The van der Waals surface area contributed by atoms with E-state index in [1.807, 2.05) is 25.1 Å². The molecule has 1 fully saturated rings. The van der Waals surface area contributed by atoms with Crippen molar-refractivity contribution in [1.82, 2.24) is 4.90 Å². The number of hydrogen-bond acceptors (Lipinski definition) is 3. The smallest absolute Gasteiger partial charge is 0.387 e. The third-order valence-corrected chi connectivity index (χ3v) is 5.35. The molecule has 1 N–H and O–H groups in total. The van der Waals surface area contributed by atoms with Gasteiger partial charge in [-0.15, -0.1) is 0 Å². The summed E-state index contributed by atoms with van der Waals surface area (Å²) in [6, 6.07) is 11.5. The van der Waals surface area contributed by atoms with Crippen LogP contribution in [0.4, 0.5) is 14.5 Å². The van der Waals surface area contributed by atoms with Crippen LogP contribution in [0.3, 0.4) is 0 Å². The summed E-state index contributed by atoms with van der Waals surface area (Å²) in [5.41, 5.74) is 1.71. The Kier molecular flexibility index (Phi) is 6.84. The van der Waals surface area contributed by atoms with Crippen LogP contribution in [-0.2, 0) is 4.79 Å². The van der Waals surface area contributed by atoms with E-state index in [4.69, 9.17) is 0 Å². The molecule has 154 valence electrons. The number of nitrogens with zero attached hydrogens (tertiary/aromatic N) is 1. The van der Waals surface area contributed by atoms with E-state index in [-0.39, 0.29) is 29.7 Å². The van der Waals surface area contributed by atoms with Gasteiger partial charge in [0, 0.05) is 23.2 Å². The molecule has 0 radical (unpaired) electrons. The summed E-state index contributed by atoms with van der Waals surface area (Å²) in [4.78, 5) is 27.1. The summed E-state index contributed by atoms with van der Waals surface area (Å²) in [5.74, 6) is -1.12. The van der Waals surface area contributed by atoms with E-state index >= 15 is 0 Å². The fourth-order valence-electron chi connectivity index (χ4n) is 3.39. The van der Waals surface area contributed by atoms with E-state index in [9.17, 15) is 18.4 Å². The number of rotatable bonds is 5. The van der Waals surface area contributed by atoms with Crippen molar-refractivity contribution in [2.45, 2.75) is 26.4 Å². The van der Waals surface area contributed by atoms with E-state index in [1.165, 1.54) is 23.1 Å². The Morgan fingerprint density at radius 3 is 2.72 bits per heavy atom. The second kappa shape index (κ2) is 9.35. The van der Waals surface area contributed by atoms with Gasteiger partial charge in [-0.3, -0.25) is 9.59 Å². The number of anilines is 1. The molecule has 2 amide bonds. The molecule has 0 spiro atoms. The minimum Gasteiger partial charge on any atom is -0.434 e. The molecule has 5 nitrogen and oxygen atoms in total. The molecular weight excluding hydrogens is 446 g/mol. The van der Waals surface area contributed by atoms with Crippen molar-refractivity contribution in [3.8, 4) is 5.75 Å². The average molecular weight is 467 g/mol. The van der Waals surface area contributed by atoms with Crippen LogP contribution in [0.1, 0.15) is 28.8 Å². The predicted molar refractivity (Wildman–Crippen MR) is 109 cm³/mol. The lowest BCUT2D eigenvalue weighted by molar-refractivity contribution is -0.121. The summed E-state index contributed by atoms with van der Waals surface area (Å²) in [6.45, 7) is -0.429. The minimum atomic E-state index is -3.02. The number of alkyl halides is 2. The molecule has 1 saturated heterocycles. The molecule has 2 aromatic carbocycles. The Bertz CT molecular complexity index is 907. The zero-order valence-corrected chi connectivity index (χ0v) is 17.4. The van der Waals surface area contributed by atoms with Gasteiger partial charge < -0.3 is 15.0 Å². The monoisotopic (exact) mass is 466 g/mol. The van der Waals surface area contributed by atoms with E-state index in [0.717, 1.165) is 15.7 Å². The van der Waals surface area contributed by atoms with Crippen molar-refractivity contribution in [2.75, 3.05) is 18.4 Å². The molecule has 1 aliphatic heterocycles. The number of halogens is 3. The van der Waals surface area contributed by atoms with Crippen molar-refractivity contribution < 1.29 is 23.1 Å². The molecule has 29 heavy (non-hydrogen) atoms. The van der Waals surface area contributed by atoms with Gasteiger partial charge >= 0.3 is 6.61 Å². The largest absolute Gasteiger partial charge is 0.434 e. The molecule has 0 bridgehead atoms.